The average Bonchev–Trinajstić information content (AvgIpc) is 3.31. The van der Waals surface area contributed by atoms with Crippen LogP contribution in [0.2, 0.25) is 0 Å². The van der Waals surface area contributed by atoms with Gasteiger partial charge in [0.15, 0.2) is 5.82 Å². The summed E-state index contributed by atoms with van der Waals surface area (Å²) in [5.41, 5.74) is 4.75. The van der Waals surface area contributed by atoms with Crippen LogP contribution in [0.5, 0.6) is 0 Å². The molecule has 7 nitrogen and oxygen atoms in total. The Morgan fingerprint density at radius 3 is 2.57 bits per heavy atom. The molecule has 1 N–H and O–H groups in total. The van der Waals surface area contributed by atoms with Gasteiger partial charge in [0.05, 0.1) is 17.8 Å². The molecule has 0 radical (unpaired) electrons. The summed E-state index contributed by atoms with van der Waals surface area (Å²) in [7, 11) is 0. The first kappa shape index (κ1) is 18.2. The van der Waals surface area contributed by atoms with Gasteiger partial charge < -0.3 is 14.4 Å². The average molecular weight is 403 g/mol. The second kappa shape index (κ2) is 7.22. The largest absolute Gasteiger partial charge is 0.352 e. The van der Waals surface area contributed by atoms with Crippen LogP contribution in [0.25, 0.3) is 22.4 Å². The monoisotopic (exact) mass is 403 g/mol. The molecule has 4 heterocycles. The van der Waals surface area contributed by atoms with Crippen LogP contribution < -0.4 is 5.32 Å². The van der Waals surface area contributed by atoms with E-state index in [4.69, 9.17) is 4.52 Å². The molecule has 0 bridgehead atoms. The number of nitrogens with one attached hydrogen (secondary N) is 1. The number of pyridine rings is 1. The Morgan fingerprint density at radius 2 is 1.87 bits per heavy atom. The highest BCUT2D eigenvalue weighted by Gasteiger charge is 2.31. The second-order valence-corrected chi connectivity index (χ2v) is 7.11. The van der Waals surface area contributed by atoms with Crippen LogP contribution in [0.4, 0.5) is 4.39 Å². The Morgan fingerprint density at radius 1 is 1.10 bits per heavy atom. The molecule has 150 valence electrons. The molecular weight excluding hydrogens is 385 g/mol. The van der Waals surface area contributed by atoms with Gasteiger partial charge in [-0.15, -0.1) is 0 Å². The Kier molecular flexibility index (Phi) is 4.39. The summed E-state index contributed by atoms with van der Waals surface area (Å²) < 4.78 is 20.8. The predicted molar refractivity (Wildman–Crippen MR) is 107 cm³/mol. The molecular formula is C22H18FN5O2. The molecule has 3 aromatic heterocycles. The molecule has 5 rings (SSSR count). The van der Waals surface area contributed by atoms with E-state index < -0.39 is 0 Å². The third-order valence-corrected chi connectivity index (χ3v) is 5.20. The van der Waals surface area contributed by atoms with E-state index in [-0.39, 0.29) is 11.7 Å². The number of hydrogen-bond donors (Lipinski definition) is 1. The fourth-order valence-electron chi connectivity index (χ4n) is 3.98. The van der Waals surface area contributed by atoms with E-state index in [0.717, 1.165) is 28.1 Å². The highest BCUT2D eigenvalue weighted by atomic mass is 19.1. The van der Waals surface area contributed by atoms with E-state index in [1.165, 1.54) is 12.1 Å². The lowest BCUT2D eigenvalue weighted by atomic mass is 9.95. The molecule has 0 saturated heterocycles. The first-order chi connectivity index (χ1) is 14.6. The fourth-order valence-corrected chi connectivity index (χ4v) is 3.98. The van der Waals surface area contributed by atoms with Crippen molar-refractivity contribution in [3.8, 4) is 22.4 Å². The van der Waals surface area contributed by atoms with Crippen molar-refractivity contribution in [3.05, 3.63) is 77.6 Å². The maximum atomic E-state index is 13.6. The smallest absolute Gasteiger partial charge is 0.253 e. The summed E-state index contributed by atoms with van der Waals surface area (Å²) >= 11 is 0. The highest BCUT2D eigenvalue weighted by molar-refractivity contribution is 6.07. The molecule has 1 aromatic carbocycles. The third kappa shape index (κ3) is 3.06. The number of fused-ring (bicyclic) bond motifs is 1. The summed E-state index contributed by atoms with van der Waals surface area (Å²) in [5, 5.41) is 6.97. The zero-order valence-corrected chi connectivity index (χ0v) is 16.2. The molecule has 0 atom stereocenters. The number of nitrogens with zero attached hydrogens (tertiary/aromatic N) is 4. The van der Waals surface area contributed by atoms with Gasteiger partial charge in [-0.1, -0.05) is 17.3 Å². The Labute approximate surface area is 171 Å². The normalized spacial score (nSPS) is 13.2. The van der Waals surface area contributed by atoms with Crippen molar-refractivity contribution in [2.24, 2.45) is 0 Å². The molecule has 1 aliphatic heterocycles. The van der Waals surface area contributed by atoms with Crippen LogP contribution in [0.1, 0.15) is 27.8 Å². The predicted octanol–water partition coefficient (Wildman–Crippen LogP) is 3.38. The number of hydrogen-bond acceptors (Lipinski definition) is 5. The lowest BCUT2D eigenvalue weighted by Crippen LogP contribution is -2.32. The highest BCUT2D eigenvalue weighted by Crippen LogP contribution is 2.40. The quantitative estimate of drug-likeness (QED) is 0.565. The van der Waals surface area contributed by atoms with E-state index in [0.29, 0.717) is 36.8 Å². The molecule has 0 saturated carbocycles. The van der Waals surface area contributed by atoms with Crippen LogP contribution >= 0.6 is 0 Å². The molecule has 4 aromatic rings. The minimum atomic E-state index is -0.329. The SMILES string of the molecule is Cc1nc(Cn2c3c(c(-c4ccc(F)cc4)c2-c2ccncc2)C(=O)NCC3)no1. The third-order valence-electron chi connectivity index (χ3n) is 5.20. The van der Waals surface area contributed by atoms with Crippen LogP contribution in [-0.2, 0) is 13.0 Å². The van der Waals surface area contributed by atoms with E-state index in [1.54, 1.807) is 31.5 Å². The van der Waals surface area contributed by atoms with Crippen LogP contribution in [-0.4, -0.2) is 32.1 Å². The fraction of sp³-hybridized carbons (Fsp3) is 0.182. The van der Waals surface area contributed by atoms with Gasteiger partial charge in [-0.25, -0.2) is 4.39 Å². The number of benzene rings is 1. The van der Waals surface area contributed by atoms with Gasteiger partial charge >= 0.3 is 0 Å². The van der Waals surface area contributed by atoms with Gasteiger partial charge in [0.1, 0.15) is 5.82 Å². The Balaban J connectivity index is 1.82. The summed E-state index contributed by atoms with van der Waals surface area (Å²) in [5.74, 6) is 0.531. The lowest BCUT2D eigenvalue weighted by molar-refractivity contribution is 0.0946. The standard InChI is InChI=1S/C22H18FN5O2/c1-13-26-18(27-30-13)12-28-17-8-11-25-22(29)20(17)19(14-2-4-16(23)5-3-14)21(28)15-6-9-24-10-7-15/h2-7,9-10H,8,11-12H2,1H3,(H,25,29). The van der Waals surface area contributed by atoms with Crippen molar-refractivity contribution in [1.29, 1.82) is 0 Å². The summed E-state index contributed by atoms with van der Waals surface area (Å²) in [6.45, 7) is 2.63. The Bertz CT molecular complexity index is 1230. The first-order valence-corrected chi connectivity index (χ1v) is 9.61. The molecule has 8 heteroatoms. The van der Waals surface area contributed by atoms with Crippen molar-refractivity contribution in [2.75, 3.05) is 6.54 Å². The zero-order chi connectivity index (χ0) is 20.7. The van der Waals surface area contributed by atoms with Gasteiger partial charge in [0.2, 0.25) is 5.89 Å². The molecule has 1 amide bonds. The van der Waals surface area contributed by atoms with Crippen molar-refractivity contribution in [2.45, 2.75) is 19.9 Å². The Hall–Kier alpha value is -3.81. The van der Waals surface area contributed by atoms with Gasteiger partial charge in [-0.3, -0.25) is 9.78 Å². The maximum Gasteiger partial charge on any atom is 0.253 e. The summed E-state index contributed by atoms with van der Waals surface area (Å²) in [4.78, 5) is 21.4. The van der Waals surface area contributed by atoms with E-state index in [1.807, 2.05) is 12.1 Å². The molecule has 0 spiro atoms. The van der Waals surface area contributed by atoms with Crippen molar-refractivity contribution in [3.63, 3.8) is 0 Å². The van der Waals surface area contributed by atoms with Gasteiger partial charge in [-0.2, -0.15) is 4.98 Å². The number of halogens is 1. The summed E-state index contributed by atoms with van der Waals surface area (Å²) in [6, 6.07) is 9.98. The van der Waals surface area contributed by atoms with Crippen LogP contribution in [0, 0.1) is 12.7 Å². The molecule has 30 heavy (non-hydrogen) atoms. The lowest BCUT2D eigenvalue weighted by Gasteiger charge is -2.16. The van der Waals surface area contributed by atoms with Crippen LogP contribution in [0.15, 0.2) is 53.3 Å². The maximum absolute atomic E-state index is 13.6. The van der Waals surface area contributed by atoms with E-state index in [2.05, 4.69) is 25.0 Å². The molecule has 0 unspecified atom stereocenters. The minimum Gasteiger partial charge on any atom is -0.352 e. The number of carbonyl (C=O) groups excluding carboxylic acids is 1. The van der Waals surface area contributed by atoms with Gasteiger partial charge in [-0.05, 0) is 29.8 Å². The first-order valence-electron chi connectivity index (χ1n) is 9.61. The second-order valence-electron chi connectivity index (χ2n) is 7.11. The summed E-state index contributed by atoms with van der Waals surface area (Å²) in [6.07, 6.45) is 4.08. The number of aromatic nitrogens is 4. The number of amides is 1. The topological polar surface area (TPSA) is 85.8 Å². The number of carbonyl (C=O) groups is 1. The van der Waals surface area contributed by atoms with E-state index >= 15 is 0 Å². The van der Waals surface area contributed by atoms with Crippen LogP contribution in [0.3, 0.4) is 0 Å². The molecule has 0 fully saturated rings. The van der Waals surface area contributed by atoms with Gasteiger partial charge in [0.25, 0.3) is 5.91 Å². The molecule has 1 aliphatic rings. The molecule has 0 aliphatic carbocycles. The van der Waals surface area contributed by atoms with Crippen molar-refractivity contribution < 1.29 is 13.7 Å². The zero-order valence-electron chi connectivity index (χ0n) is 16.2. The number of aryl methyl sites for hydroxylation is 1. The van der Waals surface area contributed by atoms with Crippen molar-refractivity contribution in [1.82, 2.24) is 25.0 Å². The van der Waals surface area contributed by atoms with Gasteiger partial charge in [0, 0.05) is 49.1 Å². The number of rotatable bonds is 4. The minimum absolute atomic E-state index is 0.145. The van der Waals surface area contributed by atoms with E-state index in [9.17, 15) is 9.18 Å². The van der Waals surface area contributed by atoms with Crippen molar-refractivity contribution >= 4 is 5.91 Å².